The number of methoxy groups -OCH3 is 1. The summed E-state index contributed by atoms with van der Waals surface area (Å²) in [7, 11) is 1.42. The summed E-state index contributed by atoms with van der Waals surface area (Å²) in [6.07, 6.45) is -1.67. The molecule has 1 rings (SSSR count). The minimum Gasteiger partial charge on any atom is -0.444 e. The smallest absolute Gasteiger partial charge is 0.408 e. The van der Waals surface area contributed by atoms with E-state index in [2.05, 4.69) is 5.32 Å². The first-order chi connectivity index (χ1) is 8.73. The first kappa shape index (κ1) is 15.7. The zero-order chi connectivity index (χ0) is 14.6. The van der Waals surface area contributed by atoms with Crippen LogP contribution < -0.4 is 5.32 Å². The molecular weight excluding hydrogens is 255 g/mol. The molecule has 0 spiro atoms. The summed E-state index contributed by atoms with van der Waals surface area (Å²) >= 11 is 0. The lowest BCUT2D eigenvalue weighted by atomic mass is 10.1. The lowest BCUT2D eigenvalue weighted by Crippen LogP contribution is -2.59. The van der Waals surface area contributed by atoms with Crippen molar-refractivity contribution in [3.8, 4) is 0 Å². The van der Waals surface area contributed by atoms with Gasteiger partial charge in [0.05, 0.1) is 19.7 Å². The molecule has 1 unspecified atom stereocenters. The van der Waals surface area contributed by atoms with Gasteiger partial charge in [-0.05, 0) is 20.8 Å². The number of nitrogens with one attached hydrogen (secondary N) is 1. The summed E-state index contributed by atoms with van der Waals surface area (Å²) in [6.45, 7) is 5.32. The summed E-state index contributed by atoms with van der Waals surface area (Å²) in [5.74, 6) is -0.360. The Bertz CT molecular complexity index is 337. The molecule has 110 valence electrons. The molecule has 7 heteroatoms. The number of alkyl halides is 1. The number of halogens is 1. The van der Waals surface area contributed by atoms with E-state index < -0.39 is 23.9 Å². The molecule has 1 N–H and O–H groups in total. The Morgan fingerprint density at radius 1 is 1.42 bits per heavy atom. The topological polar surface area (TPSA) is 67.9 Å². The van der Waals surface area contributed by atoms with Gasteiger partial charge >= 0.3 is 6.09 Å². The third-order valence-electron chi connectivity index (χ3n) is 2.47. The average molecular weight is 276 g/mol. The summed E-state index contributed by atoms with van der Waals surface area (Å²) in [4.78, 5) is 24.9. The number of carbonyl (C=O) groups excluding carboxylic acids is 2. The number of likely N-dealkylation sites (tertiary alicyclic amines) is 1. The van der Waals surface area contributed by atoms with Crippen molar-refractivity contribution in [3.05, 3.63) is 0 Å². The average Bonchev–Trinajstić information content (AvgIpc) is 2.20. The first-order valence-electron chi connectivity index (χ1n) is 6.14. The molecule has 2 amide bonds. The molecule has 1 saturated heterocycles. The number of hydrogen-bond donors (Lipinski definition) is 1. The van der Waals surface area contributed by atoms with Gasteiger partial charge in [0.1, 0.15) is 17.8 Å². The molecule has 1 atom stereocenters. The van der Waals surface area contributed by atoms with Crippen molar-refractivity contribution in [3.63, 3.8) is 0 Å². The van der Waals surface area contributed by atoms with Crippen molar-refractivity contribution < 1.29 is 23.5 Å². The highest BCUT2D eigenvalue weighted by molar-refractivity contribution is 5.86. The molecular formula is C12H21FN2O4. The molecule has 0 radical (unpaired) electrons. The highest BCUT2D eigenvalue weighted by Crippen LogP contribution is 2.13. The van der Waals surface area contributed by atoms with Gasteiger partial charge in [-0.1, -0.05) is 0 Å². The van der Waals surface area contributed by atoms with E-state index in [9.17, 15) is 14.0 Å². The Hall–Kier alpha value is -1.37. The molecule has 1 aliphatic heterocycles. The Morgan fingerprint density at radius 2 is 2.00 bits per heavy atom. The number of ether oxygens (including phenoxy) is 2. The third kappa shape index (κ3) is 5.02. The normalized spacial score (nSPS) is 17.6. The van der Waals surface area contributed by atoms with E-state index in [4.69, 9.17) is 9.47 Å². The number of carbonyl (C=O) groups is 2. The van der Waals surface area contributed by atoms with Crippen molar-refractivity contribution in [2.45, 2.75) is 38.6 Å². The minimum atomic E-state index is -0.978. The molecule has 0 aliphatic carbocycles. The van der Waals surface area contributed by atoms with Gasteiger partial charge in [-0.3, -0.25) is 4.79 Å². The van der Waals surface area contributed by atoms with Crippen LogP contribution in [0, 0.1) is 0 Å². The monoisotopic (exact) mass is 276 g/mol. The van der Waals surface area contributed by atoms with E-state index in [-0.39, 0.29) is 25.6 Å². The molecule has 0 aromatic heterocycles. The predicted octanol–water partition coefficient (Wildman–Crippen LogP) is 0.706. The quantitative estimate of drug-likeness (QED) is 0.821. The maximum absolute atomic E-state index is 12.7. The van der Waals surface area contributed by atoms with Gasteiger partial charge in [0.15, 0.2) is 0 Å². The number of alkyl carbamates (subject to hydrolysis) is 1. The second kappa shape index (κ2) is 6.18. The van der Waals surface area contributed by atoms with Gasteiger partial charge in [0.25, 0.3) is 0 Å². The molecule has 1 heterocycles. The largest absolute Gasteiger partial charge is 0.444 e. The third-order valence-corrected chi connectivity index (χ3v) is 2.47. The summed E-state index contributed by atoms with van der Waals surface area (Å²) in [5, 5.41) is 2.44. The van der Waals surface area contributed by atoms with Crippen LogP contribution in [-0.4, -0.2) is 61.5 Å². The highest BCUT2D eigenvalue weighted by Gasteiger charge is 2.35. The van der Waals surface area contributed by atoms with Crippen molar-refractivity contribution in [1.29, 1.82) is 0 Å². The van der Waals surface area contributed by atoms with Gasteiger partial charge in [-0.2, -0.15) is 0 Å². The number of amides is 2. The lowest BCUT2D eigenvalue weighted by Gasteiger charge is -2.36. The second-order valence-corrected chi connectivity index (χ2v) is 5.49. The van der Waals surface area contributed by atoms with Gasteiger partial charge in [0.2, 0.25) is 5.91 Å². The van der Waals surface area contributed by atoms with Crippen LogP contribution >= 0.6 is 0 Å². The fraction of sp³-hybridized carbons (Fsp3) is 0.833. The van der Waals surface area contributed by atoms with E-state index in [0.29, 0.717) is 0 Å². The molecule has 0 saturated carbocycles. The highest BCUT2D eigenvalue weighted by atomic mass is 19.1. The lowest BCUT2D eigenvalue weighted by molar-refractivity contribution is -0.141. The zero-order valence-corrected chi connectivity index (χ0v) is 11.7. The zero-order valence-electron chi connectivity index (χ0n) is 11.7. The number of hydrogen-bond acceptors (Lipinski definition) is 4. The van der Waals surface area contributed by atoms with E-state index >= 15 is 0 Å². The van der Waals surface area contributed by atoms with Crippen LogP contribution in [-0.2, 0) is 14.3 Å². The Kier molecular flexibility index (Phi) is 5.11. The van der Waals surface area contributed by atoms with Crippen molar-refractivity contribution >= 4 is 12.0 Å². The van der Waals surface area contributed by atoms with Crippen molar-refractivity contribution in [1.82, 2.24) is 10.2 Å². The van der Waals surface area contributed by atoms with Gasteiger partial charge in [-0.25, -0.2) is 9.18 Å². The van der Waals surface area contributed by atoms with Gasteiger partial charge < -0.3 is 19.7 Å². The maximum atomic E-state index is 12.7. The standard InChI is InChI=1S/C12H21FN2O4/c1-12(2,3)19-11(17)14-9(7-18-4)10(16)15-5-8(13)6-15/h8-9H,5-7H2,1-4H3,(H,14,17). The van der Waals surface area contributed by atoms with Gasteiger partial charge in [-0.15, -0.1) is 0 Å². The number of nitrogens with zero attached hydrogens (tertiary/aromatic N) is 1. The van der Waals surface area contributed by atoms with E-state index in [0.717, 1.165) is 0 Å². The van der Waals surface area contributed by atoms with Crippen LogP contribution in [0.15, 0.2) is 0 Å². The van der Waals surface area contributed by atoms with Crippen molar-refractivity contribution in [2.75, 3.05) is 26.8 Å². The fourth-order valence-electron chi connectivity index (χ4n) is 1.62. The minimum absolute atomic E-state index is 0.0194. The predicted molar refractivity (Wildman–Crippen MR) is 66.5 cm³/mol. The summed E-state index contributed by atoms with van der Waals surface area (Å²) in [6, 6.07) is -0.854. The molecule has 0 aromatic carbocycles. The maximum Gasteiger partial charge on any atom is 0.408 e. The van der Waals surface area contributed by atoms with Crippen LogP contribution in [0.2, 0.25) is 0 Å². The fourth-order valence-corrected chi connectivity index (χ4v) is 1.62. The van der Waals surface area contributed by atoms with E-state index in [1.807, 2.05) is 0 Å². The molecule has 19 heavy (non-hydrogen) atoms. The van der Waals surface area contributed by atoms with E-state index in [1.165, 1.54) is 12.0 Å². The first-order valence-corrected chi connectivity index (χ1v) is 6.14. The molecule has 1 fully saturated rings. The van der Waals surface area contributed by atoms with Crippen LogP contribution in [0.5, 0.6) is 0 Å². The van der Waals surface area contributed by atoms with Crippen LogP contribution in [0.4, 0.5) is 9.18 Å². The van der Waals surface area contributed by atoms with Crippen LogP contribution in [0.25, 0.3) is 0 Å². The summed E-state index contributed by atoms with van der Waals surface area (Å²) in [5.41, 5.74) is -0.647. The van der Waals surface area contributed by atoms with Crippen LogP contribution in [0.3, 0.4) is 0 Å². The number of rotatable bonds is 4. The molecule has 0 aromatic rings. The summed E-state index contributed by atoms with van der Waals surface area (Å²) < 4.78 is 22.7. The second-order valence-electron chi connectivity index (χ2n) is 5.49. The Balaban J connectivity index is 2.52. The van der Waals surface area contributed by atoms with Gasteiger partial charge in [0, 0.05) is 7.11 Å². The van der Waals surface area contributed by atoms with Crippen molar-refractivity contribution in [2.24, 2.45) is 0 Å². The van der Waals surface area contributed by atoms with E-state index in [1.54, 1.807) is 20.8 Å². The Labute approximate surface area is 112 Å². The molecule has 6 nitrogen and oxygen atoms in total. The Morgan fingerprint density at radius 3 is 2.42 bits per heavy atom. The molecule has 0 bridgehead atoms. The molecule has 1 aliphatic rings. The SMILES string of the molecule is COCC(NC(=O)OC(C)(C)C)C(=O)N1CC(F)C1. The van der Waals surface area contributed by atoms with Crippen LogP contribution in [0.1, 0.15) is 20.8 Å².